The zero-order valence-corrected chi connectivity index (χ0v) is 15.1. The first-order chi connectivity index (χ1) is 11.0. The van der Waals surface area contributed by atoms with Gasteiger partial charge in [0.05, 0.1) is 0 Å². The van der Waals surface area contributed by atoms with E-state index < -0.39 is 10.0 Å². The summed E-state index contributed by atoms with van der Waals surface area (Å²) >= 11 is -0.0804. The predicted octanol–water partition coefficient (Wildman–Crippen LogP) is 1.35. The number of rotatable bonds is 5. The number of nitrogens with zero attached hydrogens (tertiary/aromatic N) is 1. The van der Waals surface area contributed by atoms with E-state index >= 15 is 0 Å². The minimum atomic E-state index is -3.53. The van der Waals surface area contributed by atoms with Crippen LogP contribution in [0.3, 0.4) is 0 Å². The van der Waals surface area contributed by atoms with Crippen LogP contribution in [0.1, 0.15) is 5.56 Å². The molecule has 0 aliphatic carbocycles. The Hall–Kier alpha value is -1.66. The summed E-state index contributed by atoms with van der Waals surface area (Å²) < 4.78 is 29.7. The fraction of sp³-hybridized carbons (Fsp3) is 0.188. The number of fused-ring (bicyclic) bond motifs is 1. The van der Waals surface area contributed by atoms with Crippen molar-refractivity contribution in [1.82, 2.24) is 8.28 Å². The first kappa shape index (κ1) is 16.2. The Morgan fingerprint density at radius 3 is 2.48 bits per heavy atom. The van der Waals surface area contributed by atoms with E-state index in [0.29, 0.717) is 6.54 Å². The molecule has 7 heteroatoms. The van der Waals surface area contributed by atoms with Gasteiger partial charge < -0.3 is 0 Å². The van der Waals surface area contributed by atoms with Gasteiger partial charge in [0.1, 0.15) is 0 Å². The number of aryl methyl sites for hydroxylation is 1. The fourth-order valence-corrected chi connectivity index (χ4v) is 5.35. The average molecular weight is 395 g/mol. The van der Waals surface area contributed by atoms with Gasteiger partial charge >= 0.3 is 140 Å². The summed E-state index contributed by atoms with van der Waals surface area (Å²) in [6, 6.07) is 14.2. The van der Waals surface area contributed by atoms with Crippen LogP contribution in [0.15, 0.2) is 58.2 Å². The minimum absolute atomic E-state index is 0.0184. The van der Waals surface area contributed by atoms with Gasteiger partial charge in [0.2, 0.25) is 0 Å². The molecule has 0 bridgehead atoms. The van der Waals surface area contributed by atoms with Gasteiger partial charge in [-0.25, -0.2) is 0 Å². The summed E-state index contributed by atoms with van der Waals surface area (Å²) in [5, 5.41) is 0.730. The number of benzene rings is 2. The number of aromatic nitrogens is 1. The Bertz CT molecular complexity index is 988. The van der Waals surface area contributed by atoms with Crippen LogP contribution in [0.2, 0.25) is 0 Å². The molecular formula is C16H16N2O3SSe. The molecule has 0 aliphatic rings. The van der Waals surface area contributed by atoms with Crippen LogP contribution in [-0.2, 0) is 16.6 Å². The summed E-state index contributed by atoms with van der Waals surface area (Å²) in [6.45, 7) is 2.48. The Labute approximate surface area is 140 Å². The van der Waals surface area contributed by atoms with Crippen molar-refractivity contribution in [2.24, 2.45) is 0 Å². The third kappa shape index (κ3) is 3.48. The van der Waals surface area contributed by atoms with E-state index in [9.17, 15) is 13.2 Å². The monoisotopic (exact) mass is 396 g/mol. The first-order valence-electron chi connectivity index (χ1n) is 7.12. The molecule has 3 rings (SSSR count). The third-order valence-electron chi connectivity index (χ3n) is 3.49. The summed E-state index contributed by atoms with van der Waals surface area (Å²) in [5.41, 5.74) is 0.988. The van der Waals surface area contributed by atoms with E-state index in [1.54, 1.807) is 27.8 Å². The fourth-order valence-electron chi connectivity index (χ4n) is 2.25. The third-order valence-corrected chi connectivity index (χ3v) is 7.32. The second kappa shape index (κ2) is 6.45. The van der Waals surface area contributed by atoms with Crippen LogP contribution < -0.4 is 10.3 Å². The topological polar surface area (TPSA) is 68.2 Å². The van der Waals surface area contributed by atoms with Gasteiger partial charge in [0.25, 0.3) is 0 Å². The van der Waals surface area contributed by atoms with Crippen molar-refractivity contribution in [3.05, 3.63) is 64.4 Å². The van der Waals surface area contributed by atoms with Crippen molar-refractivity contribution >= 4 is 34.4 Å². The Kier molecular flexibility index (Phi) is 4.55. The molecule has 120 valence electrons. The van der Waals surface area contributed by atoms with Crippen LogP contribution in [-0.4, -0.2) is 33.3 Å². The molecule has 0 atom stereocenters. The molecule has 0 saturated carbocycles. The molecular weight excluding hydrogens is 379 g/mol. The van der Waals surface area contributed by atoms with E-state index in [2.05, 4.69) is 4.72 Å². The van der Waals surface area contributed by atoms with Crippen molar-refractivity contribution in [3.8, 4) is 0 Å². The second-order valence-electron chi connectivity index (χ2n) is 5.21. The molecule has 0 saturated heterocycles. The van der Waals surface area contributed by atoms with Crippen molar-refractivity contribution in [3.63, 3.8) is 0 Å². The summed E-state index contributed by atoms with van der Waals surface area (Å²) in [7, 11) is -3.53. The maximum atomic E-state index is 12.2. The molecule has 3 aromatic rings. The zero-order chi connectivity index (χ0) is 16.4. The van der Waals surface area contributed by atoms with Crippen molar-refractivity contribution in [2.75, 3.05) is 6.54 Å². The SMILES string of the molecule is Cc1ccc(S(=O)(=O)NCCn2[se]c3ccccc3c2=O)cc1. The molecule has 23 heavy (non-hydrogen) atoms. The van der Waals surface area contributed by atoms with Gasteiger partial charge in [-0.2, -0.15) is 0 Å². The molecule has 2 aromatic carbocycles. The van der Waals surface area contributed by atoms with E-state index in [-0.39, 0.29) is 31.7 Å². The molecule has 0 unspecified atom stereocenters. The second-order valence-corrected chi connectivity index (χ2v) is 9.20. The molecule has 0 radical (unpaired) electrons. The van der Waals surface area contributed by atoms with Gasteiger partial charge in [0.15, 0.2) is 0 Å². The Balaban J connectivity index is 1.72. The molecule has 5 nitrogen and oxygen atoms in total. The normalized spacial score (nSPS) is 11.9. The van der Waals surface area contributed by atoms with E-state index in [1.165, 1.54) is 0 Å². The van der Waals surface area contributed by atoms with Crippen LogP contribution >= 0.6 is 0 Å². The van der Waals surface area contributed by atoms with Crippen molar-refractivity contribution in [1.29, 1.82) is 0 Å². The van der Waals surface area contributed by atoms with Gasteiger partial charge in [-0.15, -0.1) is 0 Å². The molecule has 0 spiro atoms. The maximum absolute atomic E-state index is 12.2. The summed E-state index contributed by atoms with van der Waals surface area (Å²) in [5.74, 6) is 0. The zero-order valence-electron chi connectivity index (χ0n) is 12.5. The predicted molar refractivity (Wildman–Crippen MR) is 91.5 cm³/mol. The molecule has 1 N–H and O–H groups in total. The van der Waals surface area contributed by atoms with Crippen LogP contribution in [0.25, 0.3) is 9.65 Å². The molecule has 1 heterocycles. The molecule has 0 amide bonds. The standard InChI is InChI=1S/C16H16N2O3SSe/c1-12-6-8-13(9-7-12)22(20,21)17-10-11-18-16(19)14-4-2-3-5-15(14)23-18/h2-9,17H,10-11H2,1H3. The van der Waals surface area contributed by atoms with Crippen LogP contribution in [0.4, 0.5) is 0 Å². The summed E-state index contributed by atoms with van der Waals surface area (Å²) in [4.78, 5) is 12.5. The average Bonchev–Trinajstić information content (AvgIpc) is 2.84. The van der Waals surface area contributed by atoms with E-state index in [0.717, 1.165) is 15.2 Å². The van der Waals surface area contributed by atoms with E-state index in [1.807, 2.05) is 31.2 Å². The molecule has 1 aromatic heterocycles. The number of hydrogen-bond donors (Lipinski definition) is 1. The number of nitrogens with one attached hydrogen (secondary N) is 1. The van der Waals surface area contributed by atoms with Crippen molar-refractivity contribution < 1.29 is 8.42 Å². The van der Waals surface area contributed by atoms with Crippen LogP contribution in [0.5, 0.6) is 0 Å². The van der Waals surface area contributed by atoms with Gasteiger partial charge in [-0.1, -0.05) is 0 Å². The quantitative estimate of drug-likeness (QED) is 0.663. The Morgan fingerprint density at radius 2 is 1.78 bits per heavy atom. The van der Waals surface area contributed by atoms with Crippen LogP contribution in [0, 0.1) is 6.92 Å². The van der Waals surface area contributed by atoms with Gasteiger partial charge in [0, 0.05) is 0 Å². The molecule has 0 aliphatic heterocycles. The number of sulfonamides is 1. The number of hydrogen-bond acceptors (Lipinski definition) is 3. The van der Waals surface area contributed by atoms with E-state index in [4.69, 9.17) is 0 Å². The van der Waals surface area contributed by atoms with Gasteiger partial charge in [-0.05, 0) is 0 Å². The van der Waals surface area contributed by atoms with Gasteiger partial charge in [-0.3, -0.25) is 0 Å². The first-order valence-corrected chi connectivity index (χ1v) is 10.2. The molecule has 0 fully saturated rings. The summed E-state index contributed by atoms with van der Waals surface area (Å²) in [6.07, 6.45) is 0. The van der Waals surface area contributed by atoms with Crippen molar-refractivity contribution in [2.45, 2.75) is 18.4 Å². The Morgan fingerprint density at radius 1 is 1.09 bits per heavy atom.